The van der Waals surface area contributed by atoms with Crippen molar-refractivity contribution in [3.63, 3.8) is 0 Å². The van der Waals surface area contributed by atoms with E-state index in [1.54, 1.807) is 11.0 Å². The lowest BCUT2D eigenvalue weighted by Crippen LogP contribution is -2.50. The van der Waals surface area contributed by atoms with Crippen LogP contribution >= 0.6 is 12.4 Å². The molecule has 1 aliphatic rings. The largest absolute Gasteiger partial charge is 0.351 e. The van der Waals surface area contributed by atoms with E-state index < -0.39 is 11.6 Å². The highest BCUT2D eigenvalue weighted by Gasteiger charge is 2.28. The van der Waals surface area contributed by atoms with Gasteiger partial charge in [-0.15, -0.1) is 12.4 Å². The number of amides is 2. The molecule has 5 nitrogen and oxygen atoms in total. The molecule has 1 saturated heterocycles. The van der Waals surface area contributed by atoms with Gasteiger partial charge in [-0.3, -0.25) is 9.59 Å². The number of hydrogen-bond donors (Lipinski definition) is 2. The van der Waals surface area contributed by atoms with Crippen LogP contribution in [0, 0.1) is 11.6 Å². The first-order chi connectivity index (χ1) is 13.5. The van der Waals surface area contributed by atoms with E-state index in [9.17, 15) is 18.4 Å². The maximum Gasteiger partial charge on any atom is 0.223 e. The first-order valence-electron chi connectivity index (χ1n) is 10.2. The predicted molar refractivity (Wildman–Crippen MR) is 112 cm³/mol. The van der Waals surface area contributed by atoms with Crippen LogP contribution < -0.4 is 10.6 Å². The quantitative estimate of drug-likeness (QED) is 0.630. The van der Waals surface area contributed by atoms with E-state index >= 15 is 0 Å². The van der Waals surface area contributed by atoms with Crippen molar-refractivity contribution >= 4 is 24.2 Å². The van der Waals surface area contributed by atoms with Gasteiger partial charge in [-0.2, -0.15) is 0 Å². The molecule has 0 spiro atoms. The second-order valence-electron chi connectivity index (χ2n) is 7.33. The molecular formula is C21H32ClF2N3O2. The monoisotopic (exact) mass is 431 g/mol. The zero-order valence-electron chi connectivity index (χ0n) is 17.2. The molecule has 29 heavy (non-hydrogen) atoms. The number of benzene rings is 1. The van der Waals surface area contributed by atoms with Crippen molar-refractivity contribution in [3.05, 3.63) is 35.4 Å². The number of piperidine rings is 1. The molecule has 1 fully saturated rings. The summed E-state index contributed by atoms with van der Waals surface area (Å²) in [5, 5.41) is 6.20. The molecule has 1 aromatic carbocycles. The van der Waals surface area contributed by atoms with Crippen molar-refractivity contribution in [1.82, 2.24) is 15.5 Å². The lowest BCUT2D eigenvalue weighted by Gasteiger charge is -2.33. The van der Waals surface area contributed by atoms with Crippen LogP contribution in [0.2, 0.25) is 0 Å². The summed E-state index contributed by atoms with van der Waals surface area (Å²) in [7, 11) is 0. The Kier molecular flexibility index (Phi) is 11.1. The van der Waals surface area contributed by atoms with Gasteiger partial charge in [-0.25, -0.2) is 8.78 Å². The molecular weight excluding hydrogens is 400 g/mol. The van der Waals surface area contributed by atoms with Crippen molar-refractivity contribution in [2.24, 2.45) is 0 Å². The molecule has 0 aliphatic carbocycles. The second-order valence-corrected chi connectivity index (χ2v) is 7.33. The molecule has 0 saturated carbocycles. The third-order valence-electron chi connectivity index (χ3n) is 5.11. The first kappa shape index (κ1) is 25.3. The van der Waals surface area contributed by atoms with Gasteiger partial charge in [0.15, 0.2) is 11.6 Å². The zero-order chi connectivity index (χ0) is 20.5. The summed E-state index contributed by atoms with van der Waals surface area (Å²) in [5.41, 5.74) is 0.679. The number of rotatable bonds is 9. The van der Waals surface area contributed by atoms with Crippen LogP contribution in [0.3, 0.4) is 0 Å². The standard InChI is InChI=1S/C21H31F2N3O2.ClH/c1-3-11-26(12-4-2)21(28)8-7-20(27)25-19-14-24-10-9-16(19)15-5-6-17(22)18(23)13-15;/h5-6,13,16,19,24H,3-4,7-12,14H2,1-2H3,(H,25,27);1H. The summed E-state index contributed by atoms with van der Waals surface area (Å²) in [4.78, 5) is 26.5. The van der Waals surface area contributed by atoms with Gasteiger partial charge in [-0.05, 0) is 43.5 Å². The van der Waals surface area contributed by atoms with Crippen LogP contribution in [-0.2, 0) is 9.59 Å². The molecule has 1 aromatic rings. The highest BCUT2D eigenvalue weighted by atomic mass is 35.5. The van der Waals surface area contributed by atoms with Gasteiger partial charge in [0.05, 0.1) is 0 Å². The molecule has 0 aromatic heterocycles. The number of hydrogen-bond acceptors (Lipinski definition) is 3. The Hall–Kier alpha value is -1.73. The summed E-state index contributed by atoms with van der Waals surface area (Å²) in [6.45, 7) is 6.77. The third-order valence-corrected chi connectivity index (χ3v) is 5.11. The smallest absolute Gasteiger partial charge is 0.223 e. The number of halogens is 3. The van der Waals surface area contributed by atoms with Crippen molar-refractivity contribution in [2.45, 2.75) is 57.9 Å². The summed E-state index contributed by atoms with van der Waals surface area (Å²) in [6.07, 6.45) is 2.81. The maximum atomic E-state index is 13.6. The van der Waals surface area contributed by atoms with E-state index in [1.165, 1.54) is 6.07 Å². The van der Waals surface area contributed by atoms with Crippen LogP contribution in [0.5, 0.6) is 0 Å². The van der Waals surface area contributed by atoms with Gasteiger partial charge in [0.2, 0.25) is 11.8 Å². The highest BCUT2D eigenvalue weighted by Crippen LogP contribution is 2.27. The normalized spacial score (nSPS) is 18.6. The predicted octanol–water partition coefficient (Wildman–Crippen LogP) is 3.38. The van der Waals surface area contributed by atoms with E-state index in [0.717, 1.165) is 31.9 Å². The molecule has 0 bridgehead atoms. The molecule has 2 unspecified atom stereocenters. The van der Waals surface area contributed by atoms with Crippen LogP contribution in [0.25, 0.3) is 0 Å². The molecule has 2 atom stereocenters. The van der Waals surface area contributed by atoms with Gasteiger partial charge in [0.25, 0.3) is 0 Å². The van der Waals surface area contributed by atoms with E-state index in [4.69, 9.17) is 0 Å². The van der Waals surface area contributed by atoms with Crippen LogP contribution in [0.1, 0.15) is 57.4 Å². The molecule has 8 heteroatoms. The average Bonchev–Trinajstić information content (AvgIpc) is 2.68. The van der Waals surface area contributed by atoms with Crippen molar-refractivity contribution in [3.8, 4) is 0 Å². The van der Waals surface area contributed by atoms with Crippen LogP contribution in [0.4, 0.5) is 8.78 Å². The fourth-order valence-corrected chi connectivity index (χ4v) is 3.71. The van der Waals surface area contributed by atoms with Crippen molar-refractivity contribution in [1.29, 1.82) is 0 Å². The number of carbonyl (C=O) groups is 2. The average molecular weight is 432 g/mol. The minimum atomic E-state index is -0.876. The van der Waals surface area contributed by atoms with Gasteiger partial charge < -0.3 is 15.5 Å². The highest BCUT2D eigenvalue weighted by molar-refractivity contribution is 5.85. The molecule has 2 amide bonds. The Morgan fingerprint density at radius 1 is 1.14 bits per heavy atom. The topological polar surface area (TPSA) is 61.4 Å². The zero-order valence-corrected chi connectivity index (χ0v) is 18.0. The summed E-state index contributed by atoms with van der Waals surface area (Å²) in [5.74, 6) is -2.04. The Bertz CT molecular complexity index is 669. The van der Waals surface area contributed by atoms with E-state index in [1.807, 2.05) is 13.8 Å². The second kappa shape index (κ2) is 12.8. The van der Waals surface area contributed by atoms with Gasteiger partial charge >= 0.3 is 0 Å². The first-order valence-corrected chi connectivity index (χ1v) is 10.2. The minimum Gasteiger partial charge on any atom is -0.351 e. The van der Waals surface area contributed by atoms with E-state index in [-0.39, 0.29) is 49.0 Å². The Balaban J connectivity index is 0.00000420. The number of nitrogens with zero attached hydrogens (tertiary/aromatic N) is 1. The molecule has 2 rings (SSSR count). The fourth-order valence-electron chi connectivity index (χ4n) is 3.71. The lowest BCUT2D eigenvalue weighted by atomic mass is 9.86. The molecule has 1 heterocycles. The Labute approximate surface area is 178 Å². The molecule has 0 radical (unpaired) electrons. The summed E-state index contributed by atoms with van der Waals surface area (Å²) < 4.78 is 26.8. The molecule has 2 N–H and O–H groups in total. The summed E-state index contributed by atoms with van der Waals surface area (Å²) >= 11 is 0. The third kappa shape index (κ3) is 7.55. The minimum absolute atomic E-state index is 0. The fraction of sp³-hybridized carbons (Fsp3) is 0.619. The maximum absolute atomic E-state index is 13.6. The van der Waals surface area contributed by atoms with E-state index in [2.05, 4.69) is 10.6 Å². The lowest BCUT2D eigenvalue weighted by molar-refractivity contribution is -0.133. The Morgan fingerprint density at radius 2 is 1.83 bits per heavy atom. The molecule has 1 aliphatic heterocycles. The van der Waals surface area contributed by atoms with Gasteiger partial charge in [0.1, 0.15) is 0 Å². The SMILES string of the molecule is CCCN(CCC)C(=O)CCC(=O)NC1CNCCC1c1ccc(F)c(F)c1.Cl. The van der Waals surface area contributed by atoms with Crippen LogP contribution in [0.15, 0.2) is 18.2 Å². The molecule has 164 valence electrons. The van der Waals surface area contributed by atoms with Gasteiger partial charge in [-0.1, -0.05) is 19.9 Å². The summed E-state index contributed by atoms with van der Waals surface area (Å²) in [6, 6.07) is 3.69. The van der Waals surface area contributed by atoms with Crippen LogP contribution in [-0.4, -0.2) is 48.9 Å². The van der Waals surface area contributed by atoms with Crippen molar-refractivity contribution < 1.29 is 18.4 Å². The Morgan fingerprint density at radius 3 is 2.45 bits per heavy atom. The van der Waals surface area contributed by atoms with E-state index in [0.29, 0.717) is 25.2 Å². The van der Waals surface area contributed by atoms with Crippen molar-refractivity contribution in [2.75, 3.05) is 26.2 Å². The number of nitrogens with one attached hydrogen (secondary N) is 2. The number of carbonyl (C=O) groups excluding carboxylic acids is 2. The van der Waals surface area contributed by atoms with Gasteiger partial charge in [0, 0.05) is 44.4 Å².